The van der Waals surface area contributed by atoms with Gasteiger partial charge in [0.1, 0.15) is 0 Å². The van der Waals surface area contributed by atoms with Crippen LogP contribution in [-0.4, -0.2) is 36.0 Å². The Balaban J connectivity index is 1.75. The second-order valence-electron chi connectivity index (χ2n) is 6.01. The first-order chi connectivity index (χ1) is 11.1. The van der Waals surface area contributed by atoms with Gasteiger partial charge in [0.25, 0.3) is 5.91 Å². The van der Waals surface area contributed by atoms with Crippen molar-refractivity contribution < 1.29 is 19.1 Å². The Kier molecular flexibility index (Phi) is 4.60. The molecule has 6 nitrogen and oxygen atoms in total. The number of hydrogen-bond donors (Lipinski definition) is 1. The Morgan fingerprint density at radius 2 is 1.91 bits per heavy atom. The summed E-state index contributed by atoms with van der Waals surface area (Å²) in [7, 11) is 0. The molecule has 2 aliphatic rings. The van der Waals surface area contributed by atoms with Crippen molar-refractivity contribution in [3.63, 3.8) is 0 Å². The highest BCUT2D eigenvalue weighted by atomic mass is 16.6. The number of benzene rings is 1. The lowest BCUT2D eigenvalue weighted by Crippen LogP contribution is -2.42. The van der Waals surface area contributed by atoms with E-state index in [4.69, 9.17) is 4.74 Å². The first kappa shape index (κ1) is 15.5. The van der Waals surface area contributed by atoms with E-state index in [2.05, 4.69) is 5.32 Å². The monoisotopic (exact) mass is 316 g/mol. The highest BCUT2D eigenvalue weighted by molar-refractivity contribution is 5.97. The summed E-state index contributed by atoms with van der Waals surface area (Å²) in [4.78, 5) is 36.9. The molecular formula is C17H20N2O4. The van der Waals surface area contributed by atoms with Crippen LogP contribution in [0.4, 0.5) is 4.79 Å². The highest BCUT2D eigenvalue weighted by Crippen LogP contribution is 2.26. The molecule has 1 aromatic rings. The predicted octanol–water partition coefficient (Wildman–Crippen LogP) is 2.01. The van der Waals surface area contributed by atoms with E-state index in [-0.39, 0.29) is 30.9 Å². The first-order valence-electron chi connectivity index (χ1n) is 7.97. The number of nitrogens with one attached hydrogen (secondary N) is 1. The molecule has 23 heavy (non-hydrogen) atoms. The van der Waals surface area contributed by atoms with E-state index in [0.29, 0.717) is 0 Å². The van der Waals surface area contributed by atoms with E-state index in [1.807, 2.05) is 30.3 Å². The molecule has 0 bridgehead atoms. The fourth-order valence-corrected chi connectivity index (χ4v) is 3.14. The average Bonchev–Trinajstić information content (AvgIpc) is 3.20. The highest BCUT2D eigenvalue weighted by Gasteiger charge is 2.34. The second-order valence-corrected chi connectivity index (χ2v) is 6.01. The second kappa shape index (κ2) is 6.81. The maximum atomic E-state index is 12.4. The van der Waals surface area contributed by atoms with Crippen molar-refractivity contribution in [3.8, 4) is 0 Å². The lowest BCUT2D eigenvalue weighted by atomic mass is 10.0. The molecule has 1 aliphatic carbocycles. The number of nitrogens with zero attached hydrogens (tertiary/aromatic N) is 1. The van der Waals surface area contributed by atoms with Crippen LogP contribution in [0.1, 0.15) is 37.3 Å². The number of carbonyl (C=O) groups excluding carboxylic acids is 3. The van der Waals surface area contributed by atoms with E-state index in [1.165, 1.54) is 0 Å². The molecule has 1 unspecified atom stereocenters. The van der Waals surface area contributed by atoms with Crippen LogP contribution >= 0.6 is 0 Å². The lowest BCUT2D eigenvalue weighted by molar-refractivity contribution is -0.128. The standard InChI is InChI=1S/C17H20N2O4/c20-15-11-23-17(22)19(15)10-14(12-6-2-1-3-7-12)18-16(21)13-8-4-5-9-13/h1-3,6-7,13-14H,4-5,8-11H2,(H,18,21). The molecule has 0 aromatic heterocycles. The van der Waals surface area contributed by atoms with E-state index >= 15 is 0 Å². The van der Waals surface area contributed by atoms with Gasteiger partial charge in [0.15, 0.2) is 6.61 Å². The summed E-state index contributed by atoms with van der Waals surface area (Å²) in [5, 5.41) is 3.00. The molecule has 0 radical (unpaired) electrons. The van der Waals surface area contributed by atoms with E-state index < -0.39 is 12.1 Å². The van der Waals surface area contributed by atoms with Crippen molar-refractivity contribution in [2.24, 2.45) is 5.92 Å². The Morgan fingerprint density at radius 1 is 1.22 bits per heavy atom. The normalized spacial score (nSPS) is 19.7. The molecule has 1 aliphatic heterocycles. The minimum Gasteiger partial charge on any atom is -0.439 e. The van der Waals surface area contributed by atoms with Crippen LogP contribution in [0.3, 0.4) is 0 Å². The minimum absolute atomic E-state index is 0.00336. The zero-order valence-electron chi connectivity index (χ0n) is 12.9. The molecule has 6 heteroatoms. The van der Waals surface area contributed by atoms with Crippen molar-refractivity contribution in [2.45, 2.75) is 31.7 Å². The van der Waals surface area contributed by atoms with Crippen LogP contribution < -0.4 is 5.32 Å². The van der Waals surface area contributed by atoms with E-state index in [9.17, 15) is 14.4 Å². The van der Waals surface area contributed by atoms with Gasteiger partial charge in [-0.15, -0.1) is 0 Å². The molecule has 1 saturated heterocycles. The fraction of sp³-hybridized carbons (Fsp3) is 0.471. The maximum absolute atomic E-state index is 12.4. The third-order valence-corrected chi connectivity index (χ3v) is 4.45. The molecule has 1 aromatic carbocycles. The molecule has 3 amide bonds. The van der Waals surface area contributed by atoms with E-state index in [0.717, 1.165) is 36.1 Å². The van der Waals surface area contributed by atoms with Gasteiger partial charge in [-0.3, -0.25) is 9.59 Å². The van der Waals surface area contributed by atoms with Crippen LogP contribution in [0.25, 0.3) is 0 Å². The van der Waals surface area contributed by atoms with Crippen molar-refractivity contribution in [3.05, 3.63) is 35.9 Å². The van der Waals surface area contributed by atoms with E-state index in [1.54, 1.807) is 0 Å². The first-order valence-corrected chi connectivity index (χ1v) is 7.97. The van der Waals surface area contributed by atoms with Gasteiger partial charge in [0.05, 0.1) is 12.6 Å². The SMILES string of the molecule is O=C(NC(CN1C(=O)COC1=O)c1ccccc1)C1CCCC1. The molecule has 1 N–H and O–H groups in total. The number of imide groups is 1. The summed E-state index contributed by atoms with van der Waals surface area (Å²) < 4.78 is 4.74. The largest absolute Gasteiger partial charge is 0.439 e. The van der Waals surface area contributed by atoms with Crippen LogP contribution in [0.15, 0.2) is 30.3 Å². The average molecular weight is 316 g/mol. The smallest absolute Gasteiger partial charge is 0.417 e. The maximum Gasteiger partial charge on any atom is 0.417 e. The summed E-state index contributed by atoms with van der Waals surface area (Å²) in [5.74, 6) is -0.343. The van der Waals surface area contributed by atoms with Gasteiger partial charge in [0, 0.05) is 5.92 Å². The zero-order valence-corrected chi connectivity index (χ0v) is 12.9. The fourth-order valence-electron chi connectivity index (χ4n) is 3.14. The Hall–Kier alpha value is -2.37. The van der Waals surface area contributed by atoms with Gasteiger partial charge in [0.2, 0.25) is 5.91 Å². The third-order valence-electron chi connectivity index (χ3n) is 4.45. The van der Waals surface area contributed by atoms with Crippen LogP contribution in [0, 0.1) is 5.92 Å². The Morgan fingerprint density at radius 3 is 2.52 bits per heavy atom. The van der Waals surface area contributed by atoms with Gasteiger partial charge in [-0.1, -0.05) is 43.2 Å². The van der Waals surface area contributed by atoms with Gasteiger partial charge in [-0.05, 0) is 18.4 Å². The molecule has 2 fully saturated rings. The number of amides is 3. The molecule has 3 rings (SSSR count). The number of ether oxygens (including phenoxy) is 1. The molecule has 1 heterocycles. The van der Waals surface area contributed by atoms with Crippen LogP contribution in [-0.2, 0) is 14.3 Å². The van der Waals surface area contributed by atoms with Crippen molar-refractivity contribution in [1.82, 2.24) is 10.2 Å². The Bertz CT molecular complexity index is 580. The van der Waals surface area contributed by atoms with Crippen molar-refractivity contribution in [1.29, 1.82) is 0 Å². The number of cyclic esters (lactones) is 1. The Labute approximate surface area is 134 Å². The summed E-state index contributed by atoms with van der Waals surface area (Å²) in [6, 6.07) is 8.97. The topological polar surface area (TPSA) is 75.7 Å². The summed E-state index contributed by atoms with van der Waals surface area (Å²) >= 11 is 0. The van der Waals surface area contributed by atoms with Crippen LogP contribution in [0.2, 0.25) is 0 Å². The molecule has 1 saturated carbocycles. The predicted molar refractivity (Wildman–Crippen MR) is 82.3 cm³/mol. The van der Waals surface area contributed by atoms with Crippen LogP contribution in [0.5, 0.6) is 0 Å². The summed E-state index contributed by atoms with van der Waals surface area (Å²) in [6.45, 7) is -0.128. The van der Waals surface area contributed by atoms with Crippen molar-refractivity contribution in [2.75, 3.05) is 13.2 Å². The van der Waals surface area contributed by atoms with Gasteiger partial charge in [-0.2, -0.15) is 0 Å². The van der Waals surface area contributed by atoms with Crippen molar-refractivity contribution >= 4 is 17.9 Å². The van der Waals surface area contributed by atoms with Gasteiger partial charge in [-0.25, -0.2) is 9.69 Å². The summed E-state index contributed by atoms with van der Waals surface area (Å²) in [6.07, 6.45) is 3.30. The molecular weight excluding hydrogens is 296 g/mol. The molecule has 0 spiro atoms. The molecule has 1 atom stereocenters. The lowest BCUT2D eigenvalue weighted by Gasteiger charge is -2.24. The third kappa shape index (κ3) is 3.52. The number of rotatable bonds is 5. The summed E-state index contributed by atoms with van der Waals surface area (Å²) in [5.41, 5.74) is 0.867. The molecule has 122 valence electrons. The quantitative estimate of drug-likeness (QED) is 0.901. The van der Waals surface area contributed by atoms with Gasteiger partial charge >= 0.3 is 6.09 Å². The number of carbonyl (C=O) groups is 3. The zero-order chi connectivity index (χ0) is 16.2. The minimum atomic E-state index is -0.647. The number of hydrogen-bond acceptors (Lipinski definition) is 4. The van der Waals surface area contributed by atoms with Gasteiger partial charge < -0.3 is 10.1 Å².